The number of amides is 2. The van der Waals surface area contributed by atoms with Crippen LogP contribution in [0.2, 0.25) is 0 Å². The second kappa shape index (κ2) is 8.07. The van der Waals surface area contributed by atoms with E-state index in [9.17, 15) is 18.0 Å². The number of carbonyl (C=O) groups excluding carboxylic acids is 2. The van der Waals surface area contributed by atoms with E-state index >= 15 is 0 Å². The molecule has 23 heavy (non-hydrogen) atoms. The molecular formula is C15H22N2O5S. The van der Waals surface area contributed by atoms with Crippen molar-refractivity contribution in [3.05, 3.63) is 29.8 Å². The van der Waals surface area contributed by atoms with E-state index in [-0.39, 0.29) is 5.75 Å². The highest BCUT2D eigenvalue weighted by Crippen LogP contribution is 2.18. The van der Waals surface area contributed by atoms with E-state index in [4.69, 9.17) is 4.74 Å². The molecule has 1 N–H and O–H groups in total. The summed E-state index contributed by atoms with van der Waals surface area (Å²) in [6.07, 6.45) is 0. The molecule has 0 aliphatic carbocycles. The lowest BCUT2D eigenvalue weighted by atomic mass is 10.2. The molecule has 0 atom stereocenters. The predicted molar refractivity (Wildman–Crippen MR) is 86.3 cm³/mol. The van der Waals surface area contributed by atoms with Crippen LogP contribution >= 0.6 is 0 Å². The highest BCUT2D eigenvalue weighted by molar-refractivity contribution is 7.88. The number of rotatable bonds is 7. The fourth-order valence-electron chi connectivity index (χ4n) is 2.04. The number of hydrogen-bond acceptors (Lipinski definition) is 5. The van der Waals surface area contributed by atoms with Gasteiger partial charge in [-0.1, -0.05) is 12.1 Å². The van der Waals surface area contributed by atoms with Crippen LogP contribution in [-0.4, -0.2) is 44.2 Å². The summed E-state index contributed by atoms with van der Waals surface area (Å²) in [5.41, 5.74) is 0.557. The zero-order chi connectivity index (χ0) is 17.6. The number of hydrogen-bond donors (Lipinski definition) is 1. The standard InChI is InChI=1S/C15H22N2O5S/c1-11(2)17(9-15(19)16-12(3)18)23(20,21)10-13-6-5-7-14(8-13)22-4/h5-8,11H,9-10H2,1-4H3,(H,16,18,19). The molecule has 0 saturated heterocycles. The minimum absolute atomic E-state index is 0.254. The van der Waals surface area contributed by atoms with Crippen molar-refractivity contribution >= 4 is 21.8 Å². The first kappa shape index (κ1) is 19.1. The molecule has 0 unspecified atom stereocenters. The van der Waals surface area contributed by atoms with Crippen molar-refractivity contribution in [3.8, 4) is 5.75 Å². The first-order chi connectivity index (χ1) is 10.7. The summed E-state index contributed by atoms with van der Waals surface area (Å²) in [6.45, 7) is 4.14. The van der Waals surface area contributed by atoms with Gasteiger partial charge in [0, 0.05) is 13.0 Å². The van der Waals surface area contributed by atoms with Gasteiger partial charge in [0.2, 0.25) is 21.8 Å². The average molecular weight is 342 g/mol. The van der Waals surface area contributed by atoms with Gasteiger partial charge in [-0.2, -0.15) is 4.31 Å². The average Bonchev–Trinajstić information content (AvgIpc) is 2.43. The molecule has 8 heteroatoms. The Labute approximate surface area is 136 Å². The Bertz CT molecular complexity index is 670. The summed E-state index contributed by atoms with van der Waals surface area (Å²) in [5, 5.41) is 2.08. The largest absolute Gasteiger partial charge is 0.497 e. The predicted octanol–water partition coefficient (Wildman–Crippen LogP) is 0.898. The van der Waals surface area contributed by atoms with Gasteiger partial charge in [0.05, 0.1) is 19.4 Å². The van der Waals surface area contributed by atoms with Crippen molar-refractivity contribution in [2.45, 2.75) is 32.6 Å². The van der Waals surface area contributed by atoms with E-state index < -0.39 is 34.4 Å². The van der Waals surface area contributed by atoms with Gasteiger partial charge in [-0.15, -0.1) is 0 Å². The Balaban J connectivity index is 2.95. The second-order valence-electron chi connectivity index (χ2n) is 5.35. The Hall–Kier alpha value is -1.93. The summed E-state index contributed by atoms with van der Waals surface area (Å²) >= 11 is 0. The van der Waals surface area contributed by atoms with E-state index in [1.807, 2.05) is 0 Å². The Kier molecular flexibility index (Phi) is 6.71. The molecular weight excluding hydrogens is 320 g/mol. The van der Waals surface area contributed by atoms with Gasteiger partial charge in [-0.05, 0) is 31.5 Å². The van der Waals surface area contributed by atoms with Crippen LogP contribution in [0.4, 0.5) is 0 Å². The molecule has 0 aliphatic rings. The maximum absolute atomic E-state index is 12.6. The maximum atomic E-state index is 12.6. The van der Waals surface area contributed by atoms with Gasteiger partial charge < -0.3 is 4.74 Å². The van der Waals surface area contributed by atoms with Crippen LogP contribution in [0.15, 0.2) is 24.3 Å². The van der Waals surface area contributed by atoms with E-state index in [1.54, 1.807) is 38.1 Å². The number of sulfonamides is 1. The number of imide groups is 1. The Morgan fingerprint density at radius 1 is 1.30 bits per heavy atom. The highest BCUT2D eigenvalue weighted by Gasteiger charge is 2.27. The molecule has 2 amide bonds. The lowest BCUT2D eigenvalue weighted by Gasteiger charge is -2.25. The number of nitrogens with zero attached hydrogens (tertiary/aromatic N) is 1. The fraction of sp³-hybridized carbons (Fsp3) is 0.467. The summed E-state index contributed by atoms with van der Waals surface area (Å²) in [6, 6.07) is 6.31. The topological polar surface area (TPSA) is 92.8 Å². The van der Waals surface area contributed by atoms with Gasteiger partial charge in [-0.25, -0.2) is 8.42 Å². The van der Waals surface area contributed by atoms with Crippen LogP contribution in [0.25, 0.3) is 0 Å². The molecule has 0 aliphatic heterocycles. The third-order valence-electron chi connectivity index (χ3n) is 3.03. The molecule has 1 aromatic rings. The minimum atomic E-state index is -3.72. The molecule has 7 nitrogen and oxygen atoms in total. The van der Waals surface area contributed by atoms with Gasteiger partial charge >= 0.3 is 0 Å². The molecule has 0 spiro atoms. The van der Waals surface area contributed by atoms with Crippen molar-refractivity contribution in [3.63, 3.8) is 0 Å². The molecule has 0 aromatic heterocycles. The third kappa shape index (κ3) is 5.99. The molecule has 0 saturated carbocycles. The van der Waals surface area contributed by atoms with E-state index in [0.29, 0.717) is 11.3 Å². The molecule has 1 aromatic carbocycles. The molecule has 0 radical (unpaired) electrons. The summed E-state index contributed by atoms with van der Waals surface area (Å²) in [7, 11) is -2.22. The first-order valence-corrected chi connectivity index (χ1v) is 8.69. The van der Waals surface area contributed by atoms with Crippen molar-refractivity contribution in [2.24, 2.45) is 0 Å². The molecule has 0 bridgehead atoms. The third-order valence-corrected chi connectivity index (χ3v) is 4.99. The van der Waals surface area contributed by atoms with Crippen molar-refractivity contribution in [2.75, 3.05) is 13.7 Å². The van der Waals surface area contributed by atoms with Crippen LogP contribution in [0.3, 0.4) is 0 Å². The summed E-state index contributed by atoms with van der Waals surface area (Å²) in [4.78, 5) is 22.6. The molecule has 0 heterocycles. The van der Waals surface area contributed by atoms with Gasteiger partial charge in [0.15, 0.2) is 0 Å². The van der Waals surface area contributed by atoms with E-state index in [0.717, 1.165) is 4.31 Å². The quantitative estimate of drug-likeness (QED) is 0.795. The van der Waals surface area contributed by atoms with Crippen molar-refractivity contribution < 1.29 is 22.7 Å². The van der Waals surface area contributed by atoms with E-state index in [2.05, 4.69) is 5.32 Å². The summed E-state index contributed by atoms with van der Waals surface area (Å²) in [5.74, 6) is -0.872. The fourth-order valence-corrected chi connectivity index (χ4v) is 3.76. The maximum Gasteiger partial charge on any atom is 0.241 e. The van der Waals surface area contributed by atoms with Crippen LogP contribution in [0, 0.1) is 0 Å². The number of methoxy groups -OCH3 is 1. The monoisotopic (exact) mass is 342 g/mol. The normalized spacial score (nSPS) is 11.6. The number of nitrogens with one attached hydrogen (secondary N) is 1. The van der Waals surface area contributed by atoms with Crippen LogP contribution < -0.4 is 10.1 Å². The highest BCUT2D eigenvalue weighted by atomic mass is 32.2. The van der Waals surface area contributed by atoms with Crippen LogP contribution in [0.1, 0.15) is 26.3 Å². The van der Waals surface area contributed by atoms with Crippen LogP contribution in [0.5, 0.6) is 5.75 Å². The van der Waals surface area contributed by atoms with Gasteiger partial charge in [-0.3, -0.25) is 14.9 Å². The number of ether oxygens (including phenoxy) is 1. The Morgan fingerprint density at radius 3 is 2.48 bits per heavy atom. The first-order valence-electron chi connectivity index (χ1n) is 7.08. The molecule has 0 fully saturated rings. The SMILES string of the molecule is COc1cccc(CS(=O)(=O)N(CC(=O)NC(C)=O)C(C)C)c1. The van der Waals surface area contributed by atoms with E-state index in [1.165, 1.54) is 14.0 Å². The van der Waals surface area contributed by atoms with Crippen molar-refractivity contribution in [1.82, 2.24) is 9.62 Å². The lowest BCUT2D eigenvalue weighted by molar-refractivity contribution is -0.129. The second-order valence-corrected chi connectivity index (χ2v) is 7.27. The lowest BCUT2D eigenvalue weighted by Crippen LogP contribution is -2.45. The van der Waals surface area contributed by atoms with Gasteiger partial charge in [0.1, 0.15) is 5.75 Å². The summed E-state index contributed by atoms with van der Waals surface area (Å²) < 4.78 is 31.3. The minimum Gasteiger partial charge on any atom is -0.497 e. The van der Waals surface area contributed by atoms with Gasteiger partial charge in [0.25, 0.3) is 0 Å². The molecule has 1 rings (SSSR count). The van der Waals surface area contributed by atoms with Crippen LogP contribution in [-0.2, 0) is 25.4 Å². The van der Waals surface area contributed by atoms with Crippen molar-refractivity contribution in [1.29, 1.82) is 0 Å². The number of carbonyl (C=O) groups is 2. The molecule has 128 valence electrons. The number of benzene rings is 1. The Morgan fingerprint density at radius 2 is 1.96 bits per heavy atom. The zero-order valence-electron chi connectivity index (χ0n) is 13.7. The smallest absolute Gasteiger partial charge is 0.241 e. The zero-order valence-corrected chi connectivity index (χ0v) is 14.5.